The van der Waals surface area contributed by atoms with E-state index in [-0.39, 0.29) is 25.4 Å². The molecule has 6 heteroatoms. The van der Waals surface area contributed by atoms with Gasteiger partial charge in [-0.1, -0.05) is 6.08 Å². The largest absolute Gasteiger partial charge is 0.395 e. The van der Waals surface area contributed by atoms with Gasteiger partial charge in [0.15, 0.2) is 0 Å². The second-order valence-corrected chi connectivity index (χ2v) is 4.70. The van der Waals surface area contributed by atoms with Crippen molar-refractivity contribution >= 4 is 10.0 Å². The van der Waals surface area contributed by atoms with Gasteiger partial charge in [-0.25, -0.2) is 8.42 Å². The van der Waals surface area contributed by atoms with Gasteiger partial charge in [0.25, 0.3) is 0 Å². The first-order chi connectivity index (χ1) is 6.58. The summed E-state index contributed by atoms with van der Waals surface area (Å²) in [5.41, 5.74) is 0. The molecule has 0 saturated heterocycles. The molecule has 0 aliphatic heterocycles. The highest BCUT2D eigenvalue weighted by Gasteiger charge is 2.19. The van der Waals surface area contributed by atoms with Gasteiger partial charge >= 0.3 is 0 Å². The van der Waals surface area contributed by atoms with Crippen molar-refractivity contribution in [2.45, 2.75) is 0 Å². The molecule has 0 aliphatic carbocycles. The molecule has 0 atom stereocenters. The Bertz CT molecular complexity index is 250. The van der Waals surface area contributed by atoms with Crippen molar-refractivity contribution < 1.29 is 18.3 Å². The third kappa shape index (κ3) is 4.71. The van der Waals surface area contributed by atoms with Gasteiger partial charge in [0, 0.05) is 20.2 Å². The number of ether oxygens (including phenoxy) is 1. The highest BCUT2D eigenvalue weighted by Crippen LogP contribution is 2.01. The molecule has 1 N–H and O–H groups in total. The fourth-order valence-electron chi connectivity index (χ4n) is 0.949. The quantitative estimate of drug-likeness (QED) is 0.560. The number of aliphatic hydroxyl groups is 1. The Morgan fingerprint density at radius 3 is 2.57 bits per heavy atom. The minimum Gasteiger partial charge on any atom is -0.395 e. The predicted molar refractivity (Wildman–Crippen MR) is 54.5 cm³/mol. The van der Waals surface area contributed by atoms with Gasteiger partial charge in [0.05, 0.1) is 19.0 Å². The normalized spacial score (nSPS) is 11.9. The van der Waals surface area contributed by atoms with E-state index in [9.17, 15) is 8.42 Å². The molecule has 0 unspecified atom stereocenters. The van der Waals surface area contributed by atoms with Crippen LogP contribution in [0.3, 0.4) is 0 Å². The van der Waals surface area contributed by atoms with E-state index in [0.29, 0.717) is 6.61 Å². The first kappa shape index (κ1) is 13.6. The molecule has 0 radical (unpaired) electrons. The third-order valence-corrected chi connectivity index (χ3v) is 3.42. The molecule has 0 fully saturated rings. The third-order valence-electron chi connectivity index (χ3n) is 1.62. The summed E-state index contributed by atoms with van der Waals surface area (Å²) in [5.74, 6) is -0.114. The second-order valence-electron chi connectivity index (χ2n) is 2.68. The maximum atomic E-state index is 11.5. The Balaban J connectivity index is 4.37. The highest BCUT2D eigenvalue weighted by atomic mass is 32.2. The summed E-state index contributed by atoms with van der Waals surface area (Å²) in [6.07, 6.45) is 1.33. The van der Waals surface area contributed by atoms with E-state index in [0.717, 1.165) is 0 Å². The lowest BCUT2D eigenvalue weighted by atomic mass is 10.6. The van der Waals surface area contributed by atoms with Crippen LogP contribution >= 0.6 is 0 Å². The van der Waals surface area contributed by atoms with Crippen LogP contribution in [0, 0.1) is 0 Å². The number of nitrogens with zero attached hydrogens (tertiary/aromatic N) is 1. The fourth-order valence-corrected chi connectivity index (χ4v) is 2.17. The minimum absolute atomic E-state index is 0.0968. The summed E-state index contributed by atoms with van der Waals surface area (Å²) >= 11 is 0. The van der Waals surface area contributed by atoms with Crippen molar-refractivity contribution in [1.29, 1.82) is 0 Å². The van der Waals surface area contributed by atoms with Crippen molar-refractivity contribution in [3.8, 4) is 0 Å². The van der Waals surface area contributed by atoms with Gasteiger partial charge in [-0.3, -0.25) is 0 Å². The Labute approximate surface area is 85.0 Å². The zero-order valence-corrected chi connectivity index (χ0v) is 9.16. The summed E-state index contributed by atoms with van der Waals surface area (Å²) in [6.45, 7) is 3.84. The average Bonchev–Trinajstić information content (AvgIpc) is 2.11. The summed E-state index contributed by atoms with van der Waals surface area (Å²) < 4.78 is 29.0. The van der Waals surface area contributed by atoms with E-state index in [1.165, 1.54) is 17.5 Å². The van der Waals surface area contributed by atoms with Gasteiger partial charge in [-0.05, 0) is 0 Å². The van der Waals surface area contributed by atoms with Crippen LogP contribution in [-0.4, -0.2) is 57.0 Å². The molecular formula is C8H17NO4S. The van der Waals surface area contributed by atoms with Crippen LogP contribution in [0.2, 0.25) is 0 Å². The van der Waals surface area contributed by atoms with Crippen LogP contribution in [-0.2, 0) is 14.8 Å². The van der Waals surface area contributed by atoms with Gasteiger partial charge in [0.1, 0.15) is 0 Å². The number of rotatable bonds is 8. The van der Waals surface area contributed by atoms with Crippen LogP contribution < -0.4 is 0 Å². The zero-order chi connectivity index (χ0) is 11.0. The van der Waals surface area contributed by atoms with Crippen molar-refractivity contribution in [3.63, 3.8) is 0 Å². The maximum Gasteiger partial charge on any atom is 0.217 e. The molecule has 5 nitrogen and oxygen atoms in total. The molecular weight excluding hydrogens is 206 g/mol. The number of hydrogen-bond acceptors (Lipinski definition) is 4. The van der Waals surface area contributed by atoms with Crippen LogP contribution in [0.25, 0.3) is 0 Å². The van der Waals surface area contributed by atoms with Crippen LogP contribution in [0.15, 0.2) is 12.7 Å². The average molecular weight is 223 g/mol. The lowest BCUT2D eigenvalue weighted by molar-refractivity contribution is 0.169. The number of hydrogen-bond donors (Lipinski definition) is 1. The van der Waals surface area contributed by atoms with Crippen LogP contribution in [0.4, 0.5) is 0 Å². The topological polar surface area (TPSA) is 66.8 Å². The molecule has 0 amide bonds. The summed E-state index contributed by atoms with van der Waals surface area (Å²) in [5, 5.41) is 8.69. The molecule has 0 bridgehead atoms. The molecule has 84 valence electrons. The molecule has 0 saturated carbocycles. The monoisotopic (exact) mass is 223 g/mol. The lowest BCUT2D eigenvalue weighted by Gasteiger charge is -2.19. The van der Waals surface area contributed by atoms with Gasteiger partial charge in [-0.2, -0.15) is 4.31 Å². The van der Waals surface area contributed by atoms with E-state index in [4.69, 9.17) is 9.84 Å². The summed E-state index contributed by atoms with van der Waals surface area (Å²) in [4.78, 5) is 0. The van der Waals surface area contributed by atoms with Crippen molar-refractivity contribution in [1.82, 2.24) is 4.31 Å². The Morgan fingerprint density at radius 2 is 2.14 bits per heavy atom. The minimum atomic E-state index is -3.33. The van der Waals surface area contributed by atoms with Crippen LogP contribution in [0.1, 0.15) is 0 Å². The predicted octanol–water partition coefficient (Wildman–Crippen LogP) is -0.557. The fraction of sp³-hybridized carbons (Fsp3) is 0.750. The number of methoxy groups -OCH3 is 1. The van der Waals surface area contributed by atoms with E-state index in [1.54, 1.807) is 0 Å². The van der Waals surface area contributed by atoms with Gasteiger partial charge in [-0.15, -0.1) is 6.58 Å². The molecule has 0 aromatic carbocycles. The van der Waals surface area contributed by atoms with Crippen molar-refractivity contribution in [2.24, 2.45) is 0 Å². The van der Waals surface area contributed by atoms with Gasteiger partial charge < -0.3 is 9.84 Å². The molecule has 0 aliphatic rings. The first-order valence-corrected chi connectivity index (χ1v) is 5.88. The maximum absolute atomic E-state index is 11.5. The molecule has 0 aromatic rings. The molecule has 0 rings (SSSR count). The zero-order valence-electron chi connectivity index (χ0n) is 8.35. The van der Waals surface area contributed by atoms with E-state index in [1.807, 2.05) is 0 Å². The Kier molecular flexibility index (Phi) is 6.73. The van der Waals surface area contributed by atoms with Crippen LogP contribution in [0.5, 0.6) is 0 Å². The first-order valence-electron chi connectivity index (χ1n) is 4.27. The Morgan fingerprint density at radius 1 is 1.50 bits per heavy atom. The highest BCUT2D eigenvalue weighted by molar-refractivity contribution is 7.89. The summed E-state index contributed by atoms with van der Waals surface area (Å²) in [6, 6.07) is 0. The Hall–Kier alpha value is -0.430. The molecule has 0 spiro atoms. The van der Waals surface area contributed by atoms with Crippen molar-refractivity contribution in [3.05, 3.63) is 12.7 Å². The second kappa shape index (κ2) is 6.94. The van der Waals surface area contributed by atoms with Gasteiger partial charge in [0.2, 0.25) is 10.0 Å². The van der Waals surface area contributed by atoms with Crippen molar-refractivity contribution in [2.75, 3.05) is 39.2 Å². The SMILES string of the molecule is C=CCS(=O)(=O)N(CCO)CCOC. The lowest BCUT2D eigenvalue weighted by Crippen LogP contribution is -2.37. The van der Waals surface area contributed by atoms with E-state index < -0.39 is 10.0 Å². The number of sulfonamides is 1. The molecule has 14 heavy (non-hydrogen) atoms. The van der Waals surface area contributed by atoms with E-state index in [2.05, 4.69) is 6.58 Å². The molecule has 0 heterocycles. The molecule has 0 aromatic heterocycles. The smallest absolute Gasteiger partial charge is 0.217 e. The summed E-state index contributed by atoms with van der Waals surface area (Å²) in [7, 11) is -1.83. The number of aliphatic hydroxyl groups excluding tert-OH is 1. The van der Waals surface area contributed by atoms with E-state index >= 15 is 0 Å². The standard InChI is InChI=1S/C8H17NO4S/c1-3-8-14(11,12)9(4-6-10)5-7-13-2/h3,10H,1,4-8H2,2H3.